The van der Waals surface area contributed by atoms with Gasteiger partial charge in [0.15, 0.2) is 12.4 Å². The van der Waals surface area contributed by atoms with Crippen LogP contribution < -0.4 is 10.1 Å². The fraction of sp³-hybridized carbons (Fsp3) is 0.0667. The number of carbonyl (C=O) groups is 1. The van der Waals surface area contributed by atoms with Gasteiger partial charge in [0.05, 0.1) is 26.3 Å². The molecule has 2 N–H and O–H groups in total. The molecule has 0 saturated heterocycles. The lowest BCUT2D eigenvalue weighted by molar-refractivity contribution is -0.118. The van der Waals surface area contributed by atoms with Gasteiger partial charge in [-0.15, -0.1) is 0 Å². The van der Waals surface area contributed by atoms with Crippen molar-refractivity contribution >= 4 is 64.2 Å². The van der Waals surface area contributed by atoms with E-state index in [4.69, 9.17) is 56.3 Å². The van der Waals surface area contributed by atoms with Crippen LogP contribution >= 0.6 is 46.4 Å². The SMILES string of the molecule is O=C(COc1c(Cl)cc(C=NO)cc1Cl)Nc1ccc(Cl)c(Cl)c1. The van der Waals surface area contributed by atoms with Gasteiger partial charge in [0.1, 0.15) is 0 Å². The number of amides is 1. The molecule has 2 rings (SSSR count). The van der Waals surface area contributed by atoms with Crippen LogP contribution in [0.3, 0.4) is 0 Å². The molecule has 2 aromatic carbocycles. The Bertz CT molecular complexity index is 773. The maximum absolute atomic E-state index is 11.9. The highest BCUT2D eigenvalue weighted by Crippen LogP contribution is 2.34. The summed E-state index contributed by atoms with van der Waals surface area (Å²) in [5, 5.41) is 15.1. The van der Waals surface area contributed by atoms with E-state index in [0.29, 0.717) is 21.3 Å². The zero-order chi connectivity index (χ0) is 17.7. The Hall–Kier alpha value is -1.66. The Morgan fingerprint density at radius 2 is 1.75 bits per heavy atom. The van der Waals surface area contributed by atoms with E-state index in [2.05, 4.69) is 10.5 Å². The van der Waals surface area contributed by atoms with E-state index in [1.54, 1.807) is 12.1 Å². The van der Waals surface area contributed by atoms with Crippen LogP contribution in [0.1, 0.15) is 5.56 Å². The molecule has 126 valence electrons. The van der Waals surface area contributed by atoms with Crippen molar-refractivity contribution in [1.82, 2.24) is 0 Å². The lowest BCUT2D eigenvalue weighted by atomic mass is 10.2. The van der Waals surface area contributed by atoms with Crippen LogP contribution in [0.2, 0.25) is 20.1 Å². The van der Waals surface area contributed by atoms with Crippen molar-refractivity contribution in [3.8, 4) is 5.75 Å². The summed E-state index contributed by atoms with van der Waals surface area (Å²) in [5.74, 6) is -0.278. The van der Waals surface area contributed by atoms with E-state index in [1.165, 1.54) is 24.4 Å². The highest BCUT2D eigenvalue weighted by atomic mass is 35.5. The molecular weight excluding hydrogens is 398 g/mol. The summed E-state index contributed by atoms with van der Waals surface area (Å²) in [5.41, 5.74) is 0.963. The molecule has 9 heteroatoms. The first kappa shape index (κ1) is 18.7. The number of halogens is 4. The van der Waals surface area contributed by atoms with Crippen molar-refractivity contribution in [3.05, 3.63) is 56.0 Å². The lowest BCUT2D eigenvalue weighted by Gasteiger charge is -2.11. The first-order chi connectivity index (χ1) is 11.4. The van der Waals surface area contributed by atoms with Crippen LogP contribution in [0.25, 0.3) is 0 Å². The van der Waals surface area contributed by atoms with E-state index < -0.39 is 5.91 Å². The topological polar surface area (TPSA) is 70.9 Å². The standard InChI is InChI=1S/C15H10Cl4N2O3/c16-10-2-1-9(5-11(10)17)21-14(22)7-24-15-12(18)3-8(6-20-23)4-13(15)19/h1-6,23H,7H2,(H,21,22). The van der Waals surface area contributed by atoms with Crippen LogP contribution in [0.4, 0.5) is 5.69 Å². The van der Waals surface area contributed by atoms with Crippen LogP contribution in [-0.2, 0) is 4.79 Å². The molecule has 0 aliphatic carbocycles. The van der Waals surface area contributed by atoms with Crippen molar-refractivity contribution in [2.45, 2.75) is 0 Å². The smallest absolute Gasteiger partial charge is 0.262 e. The summed E-state index contributed by atoms with van der Waals surface area (Å²) in [6.45, 7) is -0.312. The summed E-state index contributed by atoms with van der Waals surface area (Å²) in [6, 6.07) is 7.66. The van der Waals surface area contributed by atoms with E-state index in [1.807, 2.05) is 0 Å². The maximum Gasteiger partial charge on any atom is 0.262 e. The summed E-state index contributed by atoms with van der Waals surface area (Å²) in [6.07, 6.45) is 1.17. The van der Waals surface area contributed by atoms with Gasteiger partial charge < -0.3 is 15.3 Å². The third-order valence-corrected chi connectivity index (χ3v) is 4.08. The number of rotatable bonds is 5. The van der Waals surface area contributed by atoms with Gasteiger partial charge in [-0.25, -0.2) is 0 Å². The number of anilines is 1. The number of hydrogen-bond acceptors (Lipinski definition) is 4. The molecule has 2 aromatic rings. The second kappa shape index (κ2) is 8.44. The maximum atomic E-state index is 11.9. The second-order valence-electron chi connectivity index (χ2n) is 4.52. The molecule has 0 radical (unpaired) electrons. The van der Waals surface area contributed by atoms with Gasteiger partial charge in [0, 0.05) is 5.69 Å². The van der Waals surface area contributed by atoms with E-state index in [0.717, 1.165) is 0 Å². The molecule has 5 nitrogen and oxygen atoms in total. The predicted octanol–water partition coefficient (Wildman–Crippen LogP) is 5.13. The molecule has 0 aliphatic rings. The highest BCUT2D eigenvalue weighted by molar-refractivity contribution is 6.42. The van der Waals surface area contributed by atoms with Crippen molar-refractivity contribution in [2.75, 3.05) is 11.9 Å². The van der Waals surface area contributed by atoms with E-state index >= 15 is 0 Å². The number of ether oxygens (including phenoxy) is 1. The van der Waals surface area contributed by atoms with Gasteiger partial charge in [0.25, 0.3) is 5.91 Å². The van der Waals surface area contributed by atoms with Crippen molar-refractivity contribution in [2.24, 2.45) is 5.16 Å². The van der Waals surface area contributed by atoms with Crippen LogP contribution in [-0.4, -0.2) is 23.9 Å². The Labute approximate surface area is 157 Å². The molecule has 0 bridgehead atoms. The Balaban J connectivity index is 2.02. The Morgan fingerprint density at radius 3 is 2.33 bits per heavy atom. The van der Waals surface area contributed by atoms with Gasteiger partial charge in [-0.2, -0.15) is 0 Å². The van der Waals surface area contributed by atoms with Gasteiger partial charge in [-0.1, -0.05) is 51.6 Å². The van der Waals surface area contributed by atoms with Gasteiger partial charge in [-0.05, 0) is 35.9 Å². The number of carbonyl (C=O) groups excluding carboxylic acids is 1. The zero-order valence-electron chi connectivity index (χ0n) is 11.9. The Morgan fingerprint density at radius 1 is 1.08 bits per heavy atom. The molecule has 0 aromatic heterocycles. The quantitative estimate of drug-likeness (QED) is 0.410. The van der Waals surface area contributed by atoms with E-state index in [9.17, 15) is 4.79 Å². The molecule has 24 heavy (non-hydrogen) atoms. The fourth-order valence-electron chi connectivity index (χ4n) is 1.77. The van der Waals surface area contributed by atoms with Crippen LogP contribution in [0.15, 0.2) is 35.5 Å². The summed E-state index contributed by atoms with van der Waals surface area (Å²) < 4.78 is 5.35. The highest BCUT2D eigenvalue weighted by Gasteiger charge is 2.12. The summed E-state index contributed by atoms with van der Waals surface area (Å²) >= 11 is 23.8. The molecule has 0 saturated carbocycles. The average Bonchev–Trinajstić information content (AvgIpc) is 2.50. The number of oxime groups is 1. The minimum absolute atomic E-state index is 0.151. The molecule has 0 heterocycles. The van der Waals surface area contributed by atoms with E-state index in [-0.39, 0.29) is 22.4 Å². The Kier molecular flexibility index (Phi) is 6.57. The average molecular weight is 408 g/mol. The number of benzene rings is 2. The largest absolute Gasteiger partial charge is 0.481 e. The van der Waals surface area contributed by atoms with Crippen molar-refractivity contribution < 1.29 is 14.7 Å². The normalized spacial score (nSPS) is 10.8. The molecule has 0 atom stereocenters. The molecule has 0 fully saturated rings. The number of nitrogens with zero attached hydrogens (tertiary/aromatic N) is 1. The first-order valence-corrected chi connectivity index (χ1v) is 7.96. The monoisotopic (exact) mass is 406 g/mol. The predicted molar refractivity (Wildman–Crippen MR) is 96.4 cm³/mol. The van der Waals surface area contributed by atoms with Crippen LogP contribution in [0, 0.1) is 0 Å². The summed E-state index contributed by atoms with van der Waals surface area (Å²) in [4.78, 5) is 11.9. The van der Waals surface area contributed by atoms with Crippen LogP contribution in [0.5, 0.6) is 5.75 Å². The number of nitrogens with one attached hydrogen (secondary N) is 1. The van der Waals surface area contributed by atoms with Gasteiger partial charge >= 0.3 is 0 Å². The zero-order valence-corrected chi connectivity index (χ0v) is 14.9. The fourth-order valence-corrected chi connectivity index (χ4v) is 2.68. The van der Waals surface area contributed by atoms with Crippen molar-refractivity contribution in [3.63, 3.8) is 0 Å². The first-order valence-electron chi connectivity index (χ1n) is 6.45. The third kappa shape index (κ3) is 4.92. The second-order valence-corrected chi connectivity index (χ2v) is 6.15. The van der Waals surface area contributed by atoms with Crippen molar-refractivity contribution in [1.29, 1.82) is 0 Å². The molecular formula is C15H10Cl4N2O3. The molecule has 0 aliphatic heterocycles. The third-order valence-electron chi connectivity index (χ3n) is 2.78. The molecule has 1 amide bonds. The number of hydrogen-bond donors (Lipinski definition) is 2. The van der Waals surface area contributed by atoms with Gasteiger partial charge in [0.2, 0.25) is 0 Å². The van der Waals surface area contributed by atoms with Gasteiger partial charge in [-0.3, -0.25) is 4.79 Å². The summed E-state index contributed by atoms with van der Waals surface area (Å²) in [7, 11) is 0. The minimum Gasteiger partial charge on any atom is -0.481 e. The lowest BCUT2D eigenvalue weighted by Crippen LogP contribution is -2.20. The molecule has 0 spiro atoms. The minimum atomic E-state index is -0.429. The molecule has 0 unspecified atom stereocenters.